The zero-order valence-corrected chi connectivity index (χ0v) is 16.1. The van der Waals surface area contributed by atoms with E-state index >= 15 is 0 Å². The van der Waals surface area contributed by atoms with E-state index < -0.39 is 5.97 Å². The third-order valence-corrected chi connectivity index (χ3v) is 5.16. The number of fused-ring (bicyclic) bond motifs is 1. The standard InChI is InChI=1S/C27H22O2/c28-27(29)19-26(25-17-16-22-8-4-5-9-24(22)18-25)15-12-20-10-13-23(14-11-20)21-6-2-1-3-7-21/h1-11,13-14,16-19H,12,15H2,(H,28,29). The number of carboxylic acids is 1. The van der Waals surface area contributed by atoms with Crippen LogP contribution in [-0.4, -0.2) is 11.1 Å². The van der Waals surface area contributed by atoms with Gasteiger partial charge in [0.15, 0.2) is 0 Å². The number of carbonyl (C=O) groups is 1. The summed E-state index contributed by atoms with van der Waals surface area (Å²) in [5.74, 6) is -0.910. The fraction of sp³-hybridized carbons (Fsp3) is 0.0741. The van der Waals surface area contributed by atoms with Crippen LogP contribution in [0.25, 0.3) is 27.5 Å². The molecular weight excluding hydrogens is 356 g/mol. The summed E-state index contributed by atoms with van der Waals surface area (Å²) in [7, 11) is 0. The molecular formula is C27H22O2. The fourth-order valence-electron chi connectivity index (χ4n) is 3.61. The lowest BCUT2D eigenvalue weighted by Crippen LogP contribution is -1.95. The molecule has 0 unspecified atom stereocenters. The summed E-state index contributed by atoms with van der Waals surface area (Å²) in [4.78, 5) is 11.4. The van der Waals surface area contributed by atoms with E-state index in [1.807, 2.05) is 36.4 Å². The number of benzene rings is 4. The lowest BCUT2D eigenvalue weighted by atomic mass is 9.95. The van der Waals surface area contributed by atoms with Crippen LogP contribution in [0.4, 0.5) is 0 Å². The molecule has 2 heteroatoms. The molecule has 0 radical (unpaired) electrons. The lowest BCUT2D eigenvalue weighted by Gasteiger charge is -2.10. The maximum Gasteiger partial charge on any atom is 0.328 e. The van der Waals surface area contributed by atoms with E-state index in [4.69, 9.17) is 0 Å². The van der Waals surface area contributed by atoms with Gasteiger partial charge < -0.3 is 5.11 Å². The molecule has 4 aromatic rings. The van der Waals surface area contributed by atoms with Gasteiger partial charge in [0, 0.05) is 6.08 Å². The predicted octanol–water partition coefficient (Wildman–Crippen LogP) is 6.61. The number of allylic oxidation sites excluding steroid dienone is 1. The van der Waals surface area contributed by atoms with Gasteiger partial charge in [-0.05, 0) is 57.5 Å². The second kappa shape index (κ2) is 8.57. The second-order valence-electron chi connectivity index (χ2n) is 7.13. The smallest absolute Gasteiger partial charge is 0.328 e. The molecule has 0 saturated heterocycles. The first-order valence-corrected chi connectivity index (χ1v) is 9.76. The van der Waals surface area contributed by atoms with Crippen LogP contribution in [-0.2, 0) is 11.2 Å². The maximum atomic E-state index is 11.4. The zero-order valence-electron chi connectivity index (χ0n) is 16.1. The molecule has 2 nitrogen and oxygen atoms in total. The first-order valence-electron chi connectivity index (χ1n) is 9.76. The van der Waals surface area contributed by atoms with Crippen LogP contribution in [0, 0.1) is 0 Å². The van der Waals surface area contributed by atoms with Gasteiger partial charge in [-0.1, -0.05) is 91.0 Å². The van der Waals surface area contributed by atoms with Gasteiger partial charge in [-0.15, -0.1) is 0 Å². The average Bonchev–Trinajstić information content (AvgIpc) is 2.77. The molecule has 0 atom stereocenters. The highest BCUT2D eigenvalue weighted by molar-refractivity contribution is 5.92. The molecule has 0 heterocycles. The number of hydrogen-bond acceptors (Lipinski definition) is 1. The van der Waals surface area contributed by atoms with Crippen molar-refractivity contribution in [2.75, 3.05) is 0 Å². The number of hydrogen-bond donors (Lipinski definition) is 1. The SMILES string of the molecule is O=C(O)C=C(CCc1ccc(-c2ccccc2)cc1)c1ccc2ccccc2c1. The molecule has 29 heavy (non-hydrogen) atoms. The maximum absolute atomic E-state index is 11.4. The molecule has 0 aromatic heterocycles. The molecule has 0 saturated carbocycles. The molecule has 0 spiro atoms. The Kier molecular flexibility index (Phi) is 5.53. The number of carboxylic acid groups (broad SMARTS) is 1. The minimum atomic E-state index is -0.910. The minimum absolute atomic E-state index is 0.676. The summed E-state index contributed by atoms with van der Waals surface area (Å²) in [6, 6.07) is 33.1. The number of aliphatic carboxylic acids is 1. The van der Waals surface area contributed by atoms with E-state index in [1.54, 1.807) is 0 Å². The molecule has 4 rings (SSSR count). The molecule has 0 fully saturated rings. The van der Waals surface area contributed by atoms with Crippen molar-refractivity contribution in [3.05, 3.63) is 114 Å². The first-order chi connectivity index (χ1) is 14.2. The van der Waals surface area contributed by atoms with Crippen LogP contribution in [0.3, 0.4) is 0 Å². The van der Waals surface area contributed by atoms with Gasteiger partial charge >= 0.3 is 5.97 Å². The van der Waals surface area contributed by atoms with Crippen molar-refractivity contribution in [3.63, 3.8) is 0 Å². The molecule has 0 aliphatic rings. The van der Waals surface area contributed by atoms with Gasteiger partial charge in [0.2, 0.25) is 0 Å². The molecule has 0 amide bonds. The highest BCUT2D eigenvalue weighted by Gasteiger charge is 2.07. The largest absolute Gasteiger partial charge is 0.478 e. The van der Waals surface area contributed by atoms with E-state index in [1.165, 1.54) is 22.8 Å². The van der Waals surface area contributed by atoms with E-state index in [-0.39, 0.29) is 0 Å². The Balaban J connectivity index is 1.53. The van der Waals surface area contributed by atoms with Gasteiger partial charge in [-0.2, -0.15) is 0 Å². The Labute approximate surface area is 170 Å². The van der Waals surface area contributed by atoms with E-state index in [9.17, 15) is 9.90 Å². The van der Waals surface area contributed by atoms with Crippen LogP contribution in [0.5, 0.6) is 0 Å². The van der Waals surface area contributed by atoms with Gasteiger partial charge in [0.05, 0.1) is 0 Å². The van der Waals surface area contributed by atoms with Crippen LogP contribution in [0.15, 0.2) is 103 Å². The fourth-order valence-corrected chi connectivity index (χ4v) is 3.61. The third-order valence-electron chi connectivity index (χ3n) is 5.16. The van der Waals surface area contributed by atoms with Crippen LogP contribution in [0.1, 0.15) is 17.5 Å². The Morgan fingerprint density at radius 2 is 1.38 bits per heavy atom. The highest BCUT2D eigenvalue weighted by atomic mass is 16.4. The molecule has 0 aliphatic carbocycles. The van der Waals surface area contributed by atoms with Gasteiger partial charge in [0.25, 0.3) is 0 Å². The van der Waals surface area contributed by atoms with E-state index in [0.717, 1.165) is 28.3 Å². The summed E-state index contributed by atoms with van der Waals surface area (Å²) in [6.07, 6.45) is 2.80. The third kappa shape index (κ3) is 4.61. The molecule has 1 N–H and O–H groups in total. The van der Waals surface area contributed by atoms with Crippen molar-refractivity contribution in [1.82, 2.24) is 0 Å². The molecule has 0 bridgehead atoms. The topological polar surface area (TPSA) is 37.3 Å². The molecule has 142 valence electrons. The normalized spacial score (nSPS) is 11.5. The van der Waals surface area contributed by atoms with Crippen LogP contribution < -0.4 is 0 Å². The Hall–Kier alpha value is -3.65. The van der Waals surface area contributed by atoms with E-state index in [0.29, 0.717) is 6.42 Å². The van der Waals surface area contributed by atoms with Gasteiger partial charge in [-0.25, -0.2) is 4.79 Å². The van der Waals surface area contributed by atoms with E-state index in [2.05, 4.69) is 60.7 Å². The quantitative estimate of drug-likeness (QED) is 0.383. The zero-order chi connectivity index (χ0) is 20.1. The number of aryl methyl sites for hydroxylation is 1. The van der Waals surface area contributed by atoms with Crippen molar-refractivity contribution >= 4 is 22.3 Å². The van der Waals surface area contributed by atoms with Crippen molar-refractivity contribution in [2.24, 2.45) is 0 Å². The molecule has 0 aliphatic heterocycles. The minimum Gasteiger partial charge on any atom is -0.478 e. The Morgan fingerprint density at radius 1 is 0.724 bits per heavy atom. The predicted molar refractivity (Wildman–Crippen MR) is 120 cm³/mol. The Morgan fingerprint density at radius 3 is 2.10 bits per heavy atom. The summed E-state index contributed by atoms with van der Waals surface area (Å²) >= 11 is 0. The summed E-state index contributed by atoms with van der Waals surface area (Å²) < 4.78 is 0. The Bertz CT molecular complexity index is 1160. The number of rotatable bonds is 6. The molecule has 4 aromatic carbocycles. The van der Waals surface area contributed by atoms with Gasteiger partial charge in [-0.3, -0.25) is 0 Å². The van der Waals surface area contributed by atoms with Crippen molar-refractivity contribution in [2.45, 2.75) is 12.8 Å². The second-order valence-corrected chi connectivity index (χ2v) is 7.13. The van der Waals surface area contributed by atoms with Crippen LogP contribution in [0.2, 0.25) is 0 Å². The summed E-state index contributed by atoms with van der Waals surface area (Å²) in [5, 5.41) is 11.6. The lowest BCUT2D eigenvalue weighted by molar-refractivity contribution is -0.131. The van der Waals surface area contributed by atoms with Gasteiger partial charge in [0.1, 0.15) is 0 Å². The monoisotopic (exact) mass is 378 g/mol. The average molecular weight is 378 g/mol. The van der Waals surface area contributed by atoms with Crippen molar-refractivity contribution < 1.29 is 9.90 Å². The summed E-state index contributed by atoms with van der Waals surface area (Å²) in [5.41, 5.74) is 5.39. The first kappa shape index (κ1) is 18.7. The van der Waals surface area contributed by atoms with Crippen LogP contribution >= 0.6 is 0 Å². The highest BCUT2D eigenvalue weighted by Crippen LogP contribution is 2.26. The van der Waals surface area contributed by atoms with Crippen molar-refractivity contribution in [1.29, 1.82) is 0 Å². The van der Waals surface area contributed by atoms with Crippen molar-refractivity contribution in [3.8, 4) is 11.1 Å². The summed E-state index contributed by atoms with van der Waals surface area (Å²) in [6.45, 7) is 0.